The van der Waals surface area contributed by atoms with Crippen molar-refractivity contribution in [3.8, 4) is 10.6 Å². The van der Waals surface area contributed by atoms with E-state index in [1.54, 1.807) is 0 Å². The zero-order valence-electron chi connectivity index (χ0n) is 9.98. The minimum absolute atomic E-state index is 0.288. The lowest BCUT2D eigenvalue weighted by atomic mass is 10.2. The number of hydrogen-bond acceptors (Lipinski definition) is 7. The summed E-state index contributed by atoms with van der Waals surface area (Å²) < 4.78 is 0. The van der Waals surface area contributed by atoms with Gasteiger partial charge in [-0.15, -0.1) is 15.3 Å². The number of aromatic nitrogens is 2. The highest BCUT2D eigenvalue weighted by atomic mass is 32.1. The van der Waals surface area contributed by atoms with Crippen LogP contribution in [0.15, 0.2) is 40.6 Å². The van der Waals surface area contributed by atoms with Crippen molar-refractivity contribution in [2.75, 3.05) is 0 Å². The molecule has 0 unspecified atom stereocenters. The Hall–Kier alpha value is -2.68. The largest absolute Gasteiger partial charge is 0.274 e. The van der Waals surface area contributed by atoms with Crippen LogP contribution in [0, 0.1) is 0 Å². The number of hydrogen-bond donors (Lipinski definition) is 2. The summed E-state index contributed by atoms with van der Waals surface area (Å²) >= 11 is 1.23. The molecular weight excluding hydrogens is 280 g/mol. The molecule has 2 heterocycles. The van der Waals surface area contributed by atoms with Crippen molar-refractivity contribution in [2.45, 2.75) is 6.04 Å². The van der Waals surface area contributed by atoms with Gasteiger partial charge in [-0.25, -0.2) is 0 Å². The van der Waals surface area contributed by atoms with E-state index in [4.69, 9.17) is 0 Å². The second-order valence-electron chi connectivity index (χ2n) is 3.85. The molecule has 2 amide bonds. The maximum Gasteiger partial charge on any atom is 0.274 e. The van der Waals surface area contributed by atoms with Crippen molar-refractivity contribution in [2.24, 2.45) is 10.2 Å². The Labute approximate surface area is 116 Å². The van der Waals surface area contributed by atoms with Crippen molar-refractivity contribution >= 4 is 28.3 Å². The molecule has 0 atom stereocenters. The quantitative estimate of drug-likeness (QED) is 0.643. The monoisotopic (exact) mass is 288 g/mol. The molecule has 0 saturated carbocycles. The summed E-state index contributed by atoms with van der Waals surface area (Å²) in [6, 6.07) is 8.33. The van der Waals surface area contributed by atoms with Crippen molar-refractivity contribution in [1.82, 2.24) is 21.0 Å². The van der Waals surface area contributed by atoms with Crippen molar-refractivity contribution in [1.29, 1.82) is 0 Å². The van der Waals surface area contributed by atoms with E-state index in [0.717, 1.165) is 5.56 Å². The molecular formula is C11H8N6O2S. The summed E-state index contributed by atoms with van der Waals surface area (Å²) in [7, 11) is 0. The van der Waals surface area contributed by atoms with Crippen LogP contribution in [0.25, 0.3) is 10.6 Å². The van der Waals surface area contributed by atoms with Gasteiger partial charge in [0.25, 0.3) is 16.9 Å². The SMILES string of the molecule is O=C1NNC(=O)C1N=Nc1nnc(-c2ccccc2)s1. The Morgan fingerprint density at radius 2 is 1.75 bits per heavy atom. The van der Waals surface area contributed by atoms with E-state index in [1.807, 2.05) is 30.3 Å². The lowest BCUT2D eigenvalue weighted by Gasteiger charge is -1.92. The van der Waals surface area contributed by atoms with Crippen molar-refractivity contribution in [3.63, 3.8) is 0 Å². The summed E-state index contributed by atoms with van der Waals surface area (Å²) in [6.45, 7) is 0. The van der Waals surface area contributed by atoms with Gasteiger partial charge in [0.15, 0.2) is 0 Å². The average Bonchev–Trinajstić information content (AvgIpc) is 3.06. The van der Waals surface area contributed by atoms with Crippen LogP contribution in [-0.2, 0) is 9.59 Å². The minimum Gasteiger partial charge on any atom is -0.270 e. The van der Waals surface area contributed by atoms with Crippen LogP contribution in [0.2, 0.25) is 0 Å². The fourth-order valence-electron chi connectivity index (χ4n) is 1.54. The first-order valence-corrected chi connectivity index (χ1v) is 6.45. The Morgan fingerprint density at radius 1 is 1.05 bits per heavy atom. The van der Waals surface area contributed by atoms with Gasteiger partial charge in [0.2, 0.25) is 6.04 Å². The number of carbonyl (C=O) groups is 2. The molecule has 2 N–H and O–H groups in total. The fourth-order valence-corrected chi connectivity index (χ4v) is 2.22. The predicted octanol–water partition coefficient (Wildman–Crippen LogP) is 0.818. The molecule has 9 heteroatoms. The van der Waals surface area contributed by atoms with E-state index in [1.165, 1.54) is 11.3 Å². The van der Waals surface area contributed by atoms with E-state index in [0.29, 0.717) is 5.01 Å². The molecule has 0 aliphatic carbocycles. The molecule has 1 aromatic carbocycles. The third-order valence-corrected chi connectivity index (χ3v) is 3.36. The summed E-state index contributed by atoms with van der Waals surface area (Å²) in [4.78, 5) is 22.5. The molecule has 1 saturated heterocycles. The maximum absolute atomic E-state index is 11.3. The van der Waals surface area contributed by atoms with Crippen LogP contribution >= 0.6 is 11.3 Å². The zero-order valence-corrected chi connectivity index (χ0v) is 10.8. The van der Waals surface area contributed by atoms with E-state index >= 15 is 0 Å². The standard InChI is InChI=1S/C11H8N6O2S/c18-8-7(9(19)14-13-8)12-16-11-17-15-10(20-11)6-4-2-1-3-5-6/h1-5,7H,(H,13,18)(H,14,19). The highest BCUT2D eigenvalue weighted by molar-refractivity contribution is 7.18. The van der Waals surface area contributed by atoms with E-state index < -0.39 is 17.9 Å². The minimum atomic E-state index is -1.17. The van der Waals surface area contributed by atoms with E-state index in [2.05, 4.69) is 31.3 Å². The van der Waals surface area contributed by atoms with Crippen molar-refractivity contribution in [3.05, 3.63) is 30.3 Å². The van der Waals surface area contributed by atoms with Crippen LogP contribution in [0.4, 0.5) is 5.13 Å². The molecule has 100 valence electrons. The Balaban J connectivity index is 1.78. The van der Waals surface area contributed by atoms with Crippen LogP contribution < -0.4 is 10.9 Å². The average molecular weight is 288 g/mol. The molecule has 8 nitrogen and oxygen atoms in total. The van der Waals surface area contributed by atoms with Gasteiger partial charge in [0.05, 0.1) is 0 Å². The number of azo groups is 1. The van der Waals surface area contributed by atoms with Crippen LogP contribution in [0.5, 0.6) is 0 Å². The fraction of sp³-hybridized carbons (Fsp3) is 0.0909. The molecule has 0 radical (unpaired) electrons. The Kier molecular flexibility index (Phi) is 3.17. The van der Waals surface area contributed by atoms with Crippen LogP contribution in [0.1, 0.15) is 0 Å². The number of nitrogens with zero attached hydrogens (tertiary/aromatic N) is 4. The predicted molar refractivity (Wildman–Crippen MR) is 69.9 cm³/mol. The highest BCUT2D eigenvalue weighted by Crippen LogP contribution is 2.28. The second-order valence-corrected chi connectivity index (χ2v) is 4.81. The number of rotatable bonds is 3. The first kappa shape index (κ1) is 12.4. The molecule has 1 aliphatic heterocycles. The molecule has 2 aromatic rings. The molecule has 1 aromatic heterocycles. The lowest BCUT2D eigenvalue weighted by molar-refractivity contribution is -0.124. The van der Waals surface area contributed by atoms with Gasteiger partial charge in [0.1, 0.15) is 5.01 Å². The number of hydrazine groups is 1. The normalized spacial score (nSPS) is 15.6. The van der Waals surface area contributed by atoms with Gasteiger partial charge < -0.3 is 0 Å². The van der Waals surface area contributed by atoms with Gasteiger partial charge in [-0.1, -0.05) is 41.7 Å². The summed E-state index contributed by atoms with van der Waals surface area (Å²) in [5.74, 6) is -1.07. The van der Waals surface area contributed by atoms with Gasteiger partial charge in [-0.05, 0) is 0 Å². The van der Waals surface area contributed by atoms with Gasteiger partial charge >= 0.3 is 0 Å². The van der Waals surface area contributed by atoms with E-state index in [-0.39, 0.29) is 5.13 Å². The lowest BCUT2D eigenvalue weighted by Crippen LogP contribution is -2.28. The molecule has 1 fully saturated rings. The van der Waals surface area contributed by atoms with Crippen LogP contribution in [0.3, 0.4) is 0 Å². The first-order chi connectivity index (χ1) is 9.74. The third kappa shape index (κ3) is 2.38. The first-order valence-electron chi connectivity index (χ1n) is 5.63. The number of carbonyl (C=O) groups excluding carboxylic acids is 2. The topological polar surface area (TPSA) is 109 Å². The number of benzene rings is 1. The Morgan fingerprint density at radius 3 is 2.45 bits per heavy atom. The summed E-state index contributed by atoms with van der Waals surface area (Å²) in [5.41, 5.74) is 5.24. The molecule has 20 heavy (non-hydrogen) atoms. The van der Waals surface area contributed by atoms with E-state index in [9.17, 15) is 9.59 Å². The third-order valence-electron chi connectivity index (χ3n) is 2.50. The molecule has 0 bridgehead atoms. The molecule has 3 rings (SSSR count). The number of nitrogens with one attached hydrogen (secondary N) is 2. The Bertz CT molecular complexity index is 667. The maximum atomic E-state index is 11.3. The summed E-state index contributed by atoms with van der Waals surface area (Å²) in [5, 5.41) is 16.3. The van der Waals surface area contributed by atoms with Gasteiger partial charge in [-0.3, -0.25) is 20.4 Å². The smallest absolute Gasteiger partial charge is 0.270 e. The van der Waals surface area contributed by atoms with Gasteiger partial charge in [0, 0.05) is 5.56 Å². The second kappa shape index (κ2) is 5.13. The van der Waals surface area contributed by atoms with Gasteiger partial charge in [-0.2, -0.15) is 5.11 Å². The number of amides is 2. The highest BCUT2D eigenvalue weighted by Gasteiger charge is 2.33. The summed E-state index contributed by atoms with van der Waals surface area (Å²) in [6.07, 6.45) is 0. The molecule has 0 spiro atoms. The molecule has 1 aliphatic rings. The zero-order chi connectivity index (χ0) is 13.9. The van der Waals surface area contributed by atoms with Crippen LogP contribution in [-0.4, -0.2) is 28.1 Å². The van der Waals surface area contributed by atoms with Crippen molar-refractivity contribution < 1.29 is 9.59 Å².